The first-order valence-corrected chi connectivity index (χ1v) is 11.5. The Labute approximate surface area is 199 Å². The predicted molar refractivity (Wildman–Crippen MR) is 132 cm³/mol. The lowest BCUT2D eigenvalue weighted by molar-refractivity contribution is 0.0289. The number of aromatic amines is 1. The van der Waals surface area contributed by atoms with E-state index in [0.717, 1.165) is 18.7 Å². The molecule has 0 bridgehead atoms. The molecule has 4 rings (SSSR count). The summed E-state index contributed by atoms with van der Waals surface area (Å²) in [7, 11) is 3.14. The largest absolute Gasteiger partial charge is 0.493 e. The third-order valence-corrected chi connectivity index (χ3v) is 6.44. The predicted octanol–water partition coefficient (Wildman–Crippen LogP) is 3.79. The van der Waals surface area contributed by atoms with Gasteiger partial charge < -0.3 is 19.4 Å². The lowest BCUT2D eigenvalue weighted by Gasteiger charge is -2.44. The Bertz CT molecular complexity index is 1210. The van der Waals surface area contributed by atoms with Crippen molar-refractivity contribution in [2.24, 2.45) is 0 Å². The molecule has 0 spiro atoms. The molecule has 1 fully saturated rings. The second kappa shape index (κ2) is 10.1. The minimum absolute atomic E-state index is 0.00246. The Morgan fingerprint density at radius 3 is 2.35 bits per heavy atom. The zero-order valence-corrected chi connectivity index (χ0v) is 20.1. The van der Waals surface area contributed by atoms with Gasteiger partial charge in [-0.15, -0.1) is 0 Å². The van der Waals surface area contributed by atoms with Gasteiger partial charge in [0.1, 0.15) is 5.56 Å². The van der Waals surface area contributed by atoms with Gasteiger partial charge in [0, 0.05) is 43.0 Å². The van der Waals surface area contributed by atoms with Crippen LogP contribution in [0.15, 0.2) is 65.5 Å². The van der Waals surface area contributed by atoms with E-state index in [1.807, 2.05) is 36.1 Å². The van der Waals surface area contributed by atoms with Gasteiger partial charge in [-0.3, -0.25) is 14.5 Å². The minimum atomic E-state index is -0.399. The van der Waals surface area contributed by atoms with E-state index in [9.17, 15) is 9.59 Å². The van der Waals surface area contributed by atoms with Gasteiger partial charge in [-0.1, -0.05) is 30.3 Å². The van der Waals surface area contributed by atoms with Crippen molar-refractivity contribution in [1.29, 1.82) is 0 Å². The lowest BCUT2D eigenvalue weighted by atomic mass is 10.0. The first kappa shape index (κ1) is 23.6. The molecule has 2 atom stereocenters. The first-order valence-electron chi connectivity index (χ1n) is 11.5. The Morgan fingerprint density at radius 2 is 1.68 bits per heavy atom. The van der Waals surface area contributed by atoms with Gasteiger partial charge in [-0.2, -0.15) is 0 Å². The van der Waals surface area contributed by atoms with Crippen LogP contribution in [0.1, 0.15) is 29.8 Å². The number of pyridine rings is 1. The second-order valence-corrected chi connectivity index (χ2v) is 8.76. The van der Waals surface area contributed by atoms with Crippen LogP contribution in [0.3, 0.4) is 0 Å². The van der Waals surface area contributed by atoms with Gasteiger partial charge in [-0.25, -0.2) is 0 Å². The summed E-state index contributed by atoms with van der Waals surface area (Å²) in [6.07, 6.45) is 0. The molecule has 2 aromatic carbocycles. The molecule has 1 aliphatic heterocycles. The smallest absolute Gasteiger partial charge is 0.261 e. The summed E-state index contributed by atoms with van der Waals surface area (Å²) in [4.78, 5) is 33.3. The highest BCUT2D eigenvalue weighted by Crippen LogP contribution is 2.31. The maximum Gasteiger partial charge on any atom is 0.261 e. The molecule has 0 unspecified atom stereocenters. The number of nitrogens with one attached hydrogen (secondary N) is 1. The van der Waals surface area contributed by atoms with Crippen LogP contribution in [0.2, 0.25) is 0 Å². The van der Waals surface area contributed by atoms with Crippen molar-refractivity contribution >= 4 is 5.91 Å². The lowest BCUT2D eigenvalue weighted by Crippen LogP contribution is -2.58. The molecule has 1 amide bonds. The molecule has 0 aliphatic carbocycles. The molecule has 0 saturated carbocycles. The normalized spacial score (nSPS) is 18.5. The number of ether oxygens (including phenoxy) is 2. The van der Waals surface area contributed by atoms with Crippen molar-refractivity contribution < 1.29 is 14.3 Å². The van der Waals surface area contributed by atoms with E-state index in [1.165, 1.54) is 5.56 Å². The van der Waals surface area contributed by atoms with Gasteiger partial charge in [0.05, 0.1) is 14.2 Å². The molecule has 34 heavy (non-hydrogen) atoms. The van der Waals surface area contributed by atoms with Gasteiger partial charge >= 0.3 is 0 Å². The summed E-state index contributed by atoms with van der Waals surface area (Å²) in [6, 6.07) is 19.3. The number of benzene rings is 2. The third-order valence-electron chi connectivity index (χ3n) is 6.44. The monoisotopic (exact) mass is 461 g/mol. The molecule has 7 heteroatoms. The molecule has 2 heterocycles. The zero-order chi connectivity index (χ0) is 24.2. The van der Waals surface area contributed by atoms with E-state index in [1.54, 1.807) is 38.5 Å². The number of nitrogens with zero attached hydrogens (tertiary/aromatic N) is 2. The number of piperazine rings is 1. The van der Waals surface area contributed by atoms with Crippen LogP contribution in [-0.4, -0.2) is 60.1 Å². The highest BCUT2D eigenvalue weighted by Gasteiger charge is 2.33. The summed E-state index contributed by atoms with van der Waals surface area (Å²) in [5.74, 6) is 0.936. The molecule has 3 aromatic rings. The topological polar surface area (TPSA) is 74.9 Å². The number of methoxy groups -OCH3 is 2. The number of amides is 1. The van der Waals surface area contributed by atoms with Crippen molar-refractivity contribution in [2.75, 3.05) is 27.3 Å². The van der Waals surface area contributed by atoms with Crippen LogP contribution in [0.25, 0.3) is 11.3 Å². The molecule has 1 aromatic heterocycles. The standard InChI is InChI=1S/C27H31N3O4/c1-18-16-30(19(2)15-29(18)17-20-8-6-5-7-9-20)27(32)22-11-12-23(28-26(22)31)21-10-13-24(33-3)25(14-21)34-4/h5-14,18-19H,15-17H2,1-4H3,(H,28,31)/t18-,19+/m1/s1. The van der Waals surface area contributed by atoms with Crippen LogP contribution in [0.4, 0.5) is 0 Å². The van der Waals surface area contributed by atoms with Crippen molar-refractivity contribution in [3.05, 3.63) is 82.1 Å². The maximum atomic E-state index is 13.3. The van der Waals surface area contributed by atoms with Crippen molar-refractivity contribution in [3.63, 3.8) is 0 Å². The molecule has 178 valence electrons. The molecular formula is C27H31N3O4. The quantitative estimate of drug-likeness (QED) is 0.605. The summed E-state index contributed by atoms with van der Waals surface area (Å²) in [5, 5.41) is 0. The van der Waals surface area contributed by atoms with E-state index in [2.05, 4.69) is 28.9 Å². The average molecular weight is 462 g/mol. The van der Waals surface area contributed by atoms with Crippen LogP contribution in [-0.2, 0) is 6.54 Å². The van der Waals surface area contributed by atoms with Gasteiger partial charge in [-0.05, 0) is 49.7 Å². The van der Waals surface area contributed by atoms with Crippen LogP contribution < -0.4 is 15.0 Å². The number of carbonyl (C=O) groups excluding carboxylic acids is 1. The second-order valence-electron chi connectivity index (χ2n) is 8.76. The fraction of sp³-hybridized carbons (Fsp3) is 0.333. The fourth-order valence-corrected chi connectivity index (χ4v) is 4.49. The molecule has 7 nitrogen and oxygen atoms in total. The first-order chi connectivity index (χ1) is 16.4. The number of hydrogen-bond donors (Lipinski definition) is 1. The van der Waals surface area contributed by atoms with Crippen LogP contribution >= 0.6 is 0 Å². The Hall–Kier alpha value is -3.58. The van der Waals surface area contributed by atoms with Crippen molar-refractivity contribution in [3.8, 4) is 22.8 Å². The average Bonchev–Trinajstić information content (AvgIpc) is 2.85. The van der Waals surface area contributed by atoms with E-state index in [4.69, 9.17) is 9.47 Å². The van der Waals surface area contributed by atoms with Crippen LogP contribution in [0, 0.1) is 0 Å². The number of carbonyl (C=O) groups is 1. The molecule has 1 N–H and O–H groups in total. The van der Waals surface area contributed by atoms with Crippen LogP contribution in [0.5, 0.6) is 11.5 Å². The van der Waals surface area contributed by atoms with E-state index >= 15 is 0 Å². The van der Waals surface area contributed by atoms with Gasteiger partial charge in [0.2, 0.25) is 0 Å². The molecule has 0 radical (unpaired) electrons. The van der Waals surface area contributed by atoms with Gasteiger partial charge in [0.15, 0.2) is 11.5 Å². The number of aromatic nitrogens is 1. The zero-order valence-electron chi connectivity index (χ0n) is 20.1. The Kier molecular flexibility index (Phi) is 7.03. The van der Waals surface area contributed by atoms with E-state index in [-0.39, 0.29) is 23.6 Å². The fourth-order valence-electron chi connectivity index (χ4n) is 4.49. The maximum absolute atomic E-state index is 13.3. The number of rotatable bonds is 6. The Balaban J connectivity index is 1.50. The summed E-state index contributed by atoms with van der Waals surface area (Å²) < 4.78 is 10.6. The number of hydrogen-bond acceptors (Lipinski definition) is 5. The van der Waals surface area contributed by atoms with Gasteiger partial charge in [0.25, 0.3) is 11.5 Å². The summed E-state index contributed by atoms with van der Waals surface area (Å²) in [5.41, 5.74) is 2.38. The molecule has 1 aliphatic rings. The number of H-pyrrole nitrogens is 1. The Morgan fingerprint density at radius 1 is 0.941 bits per heavy atom. The van der Waals surface area contributed by atoms with E-state index in [0.29, 0.717) is 23.7 Å². The van der Waals surface area contributed by atoms with Crippen molar-refractivity contribution in [1.82, 2.24) is 14.8 Å². The van der Waals surface area contributed by atoms with E-state index < -0.39 is 5.56 Å². The highest BCUT2D eigenvalue weighted by molar-refractivity contribution is 5.94. The highest BCUT2D eigenvalue weighted by atomic mass is 16.5. The summed E-state index contributed by atoms with van der Waals surface area (Å²) >= 11 is 0. The summed E-state index contributed by atoms with van der Waals surface area (Å²) in [6.45, 7) is 6.33. The molecule has 1 saturated heterocycles. The molecular weight excluding hydrogens is 430 g/mol. The van der Waals surface area contributed by atoms with Crippen molar-refractivity contribution in [2.45, 2.75) is 32.5 Å². The minimum Gasteiger partial charge on any atom is -0.493 e. The SMILES string of the molecule is COc1ccc(-c2ccc(C(=O)N3C[C@@H](C)N(Cc4ccccc4)C[C@@H]3C)c(=O)[nH]2)cc1OC. The third kappa shape index (κ3) is 4.84.